The molecule has 1 radical (unpaired) electrons. The molecule has 4 heteroatoms. The van der Waals surface area contributed by atoms with Crippen LogP contribution in [0.5, 0.6) is 0 Å². The van der Waals surface area contributed by atoms with Gasteiger partial charge in [-0.1, -0.05) is 13.3 Å². The van der Waals surface area contributed by atoms with E-state index in [4.69, 9.17) is 0 Å². The summed E-state index contributed by atoms with van der Waals surface area (Å²) in [5.41, 5.74) is 0.776. The topological polar surface area (TPSA) is 49.0 Å². The largest absolute Gasteiger partial charge is 0.316 e. The van der Waals surface area contributed by atoms with Crippen LogP contribution >= 0.6 is 0 Å². The monoisotopic (exact) mass is 166 g/mol. The summed E-state index contributed by atoms with van der Waals surface area (Å²) in [4.78, 5) is 12.0. The third-order valence-electron chi connectivity index (χ3n) is 1.64. The number of aromatic nitrogens is 2. The molecule has 0 saturated heterocycles. The summed E-state index contributed by atoms with van der Waals surface area (Å²) in [5.74, 6) is 0. The molecule has 0 aromatic carbocycles. The number of nitrogens with one attached hydrogen (secondary N) is 1. The number of amides is 1. The van der Waals surface area contributed by atoms with E-state index in [2.05, 4.69) is 17.1 Å². The van der Waals surface area contributed by atoms with Crippen molar-refractivity contribution in [1.82, 2.24) is 10.2 Å². The summed E-state index contributed by atoms with van der Waals surface area (Å²) in [5, 5.41) is 6.40. The van der Waals surface area contributed by atoms with E-state index in [1.165, 1.54) is 4.90 Å². The predicted molar refractivity (Wildman–Crippen MR) is 46.5 cm³/mol. The minimum Gasteiger partial charge on any atom is -0.301 e. The predicted octanol–water partition coefficient (Wildman–Crippen LogP) is 1.08. The Hall–Kier alpha value is -1.32. The highest BCUT2D eigenvalue weighted by molar-refractivity contribution is 5.74. The Morgan fingerprint density at radius 2 is 2.58 bits per heavy atom. The highest BCUT2D eigenvalue weighted by Crippen LogP contribution is 2.08. The first-order chi connectivity index (χ1) is 5.88. The summed E-state index contributed by atoms with van der Waals surface area (Å²) < 4.78 is 0. The van der Waals surface area contributed by atoms with Gasteiger partial charge in [-0.15, -0.1) is 0 Å². The molecule has 0 spiro atoms. The SMILES string of the molecule is CCCCN([C]=O)c1cn[nH]c1. The molecule has 0 bridgehead atoms. The highest BCUT2D eigenvalue weighted by Gasteiger charge is 2.05. The number of hydrogen-bond acceptors (Lipinski definition) is 2. The molecule has 0 aliphatic carbocycles. The maximum absolute atomic E-state index is 10.5. The van der Waals surface area contributed by atoms with Crippen molar-refractivity contribution in [2.24, 2.45) is 0 Å². The smallest absolute Gasteiger partial charge is 0.301 e. The van der Waals surface area contributed by atoms with E-state index in [0.717, 1.165) is 18.5 Å². The van der Waals surface area contributed by atoms with Crippen molar-refractivity contribution in [2.45, 2.75) is 19.8 Å². The fraction of sp³-hybridized carbons (Fsp3) is 0.500. The summed E-state index contributed by atoms with van der Waals surface area (Å²) in [6, 6.07) is 0. The molecule has 1 aromatic rings. The zero-order valence-corrected chi connectivity index (χ0v) is 7.08. The molecule has 12 heavy (non-hydrogen) atoms. The molecule has 1 heterocycles. The van der Waals surface area contributed by atoms with Gasteiger partial charge in [-0.2, -0.15) is 5.10 Å². The van der Waals surface area contributed by atoms with Crippen LogP contribution in [0.3, 0.4) is 0 Å². The zero-order chi connectivity index (χ0) is 8.81. The second-order valence-electron chi connectivity index (χ2n) is 2.55. The third kappa shape index (κ3) is 2.08. The first-order valence-corrected chi connectivity index (χ1v) is 4.02. The first kappa shape index (κ1) is 8.77. The minimum absolute atomic E-state index is 0.708. The van der Waals surface area contributed by atoms with E-state index in [1.807, 2.05) is 6.41 Å². The summed E-state index contributed by atoms with van der Waals surface area (Å²) in [7, 11) is 0. The Labute approximate surface area is 71.6 Å². The summed E-state index contributed by atoms with van der Waals surface area (Å²) >= 11 is 0. The molecule has 65 valence electrons. The van der Waals surface area contributed by atoms with Crippen molar-refractivity contribution in [3.63, 3.8) is 0 Å². The first-order valence-electron chi connectivity index (χ1n) is 4.02. The van der Waals surface area contributed by atoms with Crippen LogP contribution in [0.1, 0.15) is 19.8 Å². The van der Waals surface area contributed by atoms with Crippen LogP contribution in [0.15, 0.2) is 12.4 Å². The van der Waals surface area contributed by atoms with Crippen molar-refractivity contribution >= 4 is 12.1 Å². The molecular weight excluding hydrogens is 154 g/mol. The average Bonchev–Trinajstić information content (AvgIpc) is 2.59. The average molecular weight is 166 g/mol. The van der Waals surface area contributed by atoms with Crippen molar-refractivity contribution in [3.8, 4) is 0 Å². The number of carbonyl (C=O) groups excluding carboxylic acids is 1. The molecule has 1 amide bonds. The van der Waals surface area contributed by atoms with Crippen LogP contribution < -0.4 is 4.90 Å². The van der Waals surface area contributed by atoms with Crippen molar-refractivity contribution < 1.29 is 4.79 Å². The van der Waals surface area contributed by atoms with Gasteiger partial charge < -0.3 is 4.90 Å². The van der Waals surface area contributed by atoms with E-state index >= 15 is 0 Å². The fourth-order valence-electron chi connectivity index (χ4n) is 0.935. The van der Waals surface area contributed by atoms with E-state index in [-0.39, 0.29) is 0 Å². The second-order valence-corrected chi connectivity index (χ2v) is 2.55. The van der Waals surface area contributed by atoms with Crippen molar-refractivity contribution in [1.29, 1.82) is 0 Å². The Morgan fingerprint density at radius 3 is 3.08 bits per heavy atom. The lowest BCUT2D eigenvalue weighted by atomic mass is 10.3. The van der Waals surface area contributed by atoms with Gasteiger partial charge in [0.15, 0.2) is 0 Å². The zero-order valence-electron chi connectivity index (χ0n) is 7.08. The Morgan fingerprint density at radius 1 is 1.75 bits per heavy atom. The normalized spacial score (nSPS) is 9.75. The van der Waals surface area contributed by atoms with E-state index < -0.39 is 0 Å². The summed E-state index contributed by atoms with van der Waals surface area (Å²) in [6.07, 6.45) is 7.21. The number of H-pyrrole nitrogens is 1. The van der Waals surface area contributed by atoms with Crippen molar-refractivity contribution in [2.75, 3.05) is 11.4 Å². The highest BCUT2D eigenvalue weighted by atomic mass is 16.1. The van der Waals surface area contributed by atoms with Crippen LogP contribution in [0.25, 0.3) is 0 Å². The Kier molecular flexibility index (Phi) is 3.32. The van der Waals surface area contributed by atoms with Gasteiger partial charge in [0.1, 0.15) is 0 Å². The molecule has 1 N–H and O–H groups in total. The molecule has 0 aliphatic rings. The second kappa shape index (κ2) is 4.54. The van der Waals surface area contributed by atoms with Gasteiger partial charge in [0, 0.05) is 12.7 Å². The quantitative estimate of drug-likeness (QED) is 0.665. The lowest BCUT2D eigenvalue weighted by Gasteiger charge is -2.12. The molecule has 0 saturated carbocycles. The van der Waals surface area contributed by atoms with Gasteiger partial charge in [0.05, 0.1) is 11.9 Å². The van der Waals surface area contributed by atoms with Gasteiger partial charge in [0.25, 0.3) is 0 Å². The van der Waals surface area contributed by atoms with E-state index in [9.17, 15) is 4.79 Å². The number of anilines is 1. The standard InChI is InChI=1S/C8H12N3O/c1-2-3-4-11(7-12)8-5-9-10-6-8/h5-6H,2-4H2,1H3,(H,9,10). The molecular formula is C8H12N3O. The molecule has 1 aromatic heterocycles. The van der Waals surface area contributed by atoms with Gasteiger partial charge >= 0.3 is 6.41 Å². The minimum atomic E-state index is 0.708. The van der Waals surface area contributed by atoms with Crippen LogP contribution in [0.2, 0.25) is 0 Å². The van der Waals surface area contributed by atoms with Crippen molar-refractivity contribution in [3.05, 3.63) is 12.4 Å². The third-order valence-corrected chi connectivity index (χ3v) is 1.64. The Bertz CT molecular complexity index is 220. The van der Waals surface area contributed by atoms with Crippen LogP contribution in [-0.4, -0.2) is 23.2 Å². The van der Waals surface area contributed by atoms with E-state index in [0.29, 0.717) is 6.54 Å². The van der Waals surface area contributed by atoms with Gasteiger partial charge in [-0.05, 0) is 6.42 Å². The lowest BCUT2D eigenvalue weighted by Crippen LogP contribution is -2.21. The number of rotatable bonds is 5. The maximum atomic E-state index is 10.5. The Balaban J connectivity index is 2.51. The van der Waals surface area contributed by atoms with Gasteiger partial charge in [0.2, 0.25) is 0 Å². The molecule has 4 nitrogen and oxygen atoms in total. The number of aromatic amines is 1. The molecule has 0 aliphatic heterocycles. The van der Waals surface area contributed by atoms with Crippen LogP contribution in [-0.2, 0) is 4.79 Å². The molecule has 0 fully saturated rings. The van der Waals surface area contributed by atoms with Gasteiger partial charge in [-0.3, -0.25) is 9.89 Å². The van der Waals surface area contributed by atoms with E-state index in [1.54, 1.807) is 12.4 Å². The molecule has 1 rings (SSSR count). The van der Waals surface area contributed by atoms with Gasteiger partial charge in [-0.25, -0.2) is 0 Å². The summed E-state index contributed by atoms with van der Waals surface area (Å²) in [6.45, 7) is 2.79. The number of hydrogen-bond donors (Lipinski definition) is 1. The molecule has 0 unspecified atom stereocenters. The number of nitrogens with zero attached hydrogens (tertiary/aromatic N) is 2. The number of unbranched alkanes of at least 4 members (excludes halogenated alkanes) is 1. The maximum Gasteiger partial charge on any atom is 0.316 e. The van der Waals surface area contributed by atoms with Crippen LogP contribution in [0, 0.1) is 0 Å². The lowest BCUT2D eigenvalue weighted by molar-refractivity contribution is 0.549. The molecule has 0 atom stereocenters. The fourth-order valence-corrected chi connectivity index (χ4v) is 0.935. The van der Waals surface area contributed by atoms with Crippen LogP contribution in [0.4, 0.5) is 5.69 Å².